The average Bonchev–Trinajstić information content (AvgIpc) is 3.21. The third-order valence-electron chi connectivity index (χ3n) is 5.33. The minimum Gasteiger partial charge on any atom is -0.465 e. The lowest BCUT2D eigenvalue weighted by Gasteiger charge is -2.34. The van der Waals surface area contributed by atoms with Crippen molar-refractivity contribution in [2.45, 2.75) is 78.9 Å². The second-order valence-electron chi connectivity index (χ2n) is 10.9. The van der Waals surface area contributed by atoms with Crippen molar-refractivity contribution in [3.8, 4) is 22.7 Å². The fourth-order valence-corrected chi connectivity index (χ4v) is 4.40. The molecule has 2 heterocycles. The van der Waals surface area contributed by atoms with Crippen LogP contribution in [0.15, 0.2) is 39.5 Å². The van der Waals surface area contributed by atoms with Crippen molar-refractivity contribution in [3.05, 3.63) is 46.2 Å². The second-order valence-corrected chi connectivity index (χ2v) is 11.6. The van der Waals surface area contributed by atoms with Crippen LogP contribution in [-0.4, -0.2) is 37.9 Å². The molecule has 188 valence electrons. The molecule has 3 aromatic rings. The van der Waals surface area contributed by atoms with Gasteiger partial charge in [-0.3, -0.25) is 4.90 Å². The molecule has 0 saturated heterocycles. The Hall–Kier alpha value is -2.78. The first kappa shape index (κ1) is 26.8. The van der Waals surface area contributed by atoms with Crippen molar-refractivity contribution >= 4 is 27.8 Å². The number of anilines is 1. The second kappa shape index (κ2) is 10.1. The molecule has 35 heavy (non-hydrogen) atoms. The van der Waals surface area contributed by atoms with Gasteiger partial charge in [-0.05, 0) is 42.3 Å². The van der Waals surface area contributed by atoms with E-state index in [-0.39, 0.29) is 11.2 Å². The third kappa shape index (κ3) is 6.27. The van der Waals surface area contributed by atoms with Crippen molar-refractivity contribution in [1.82, 2.24) is 20.4 Å². The largest absolute Gasteiger partial charge is 0.465 e. The Morgan fingerprint density at radius 1 is 1.11 bits per heavy atom. The van der Waals surface area contributed by atoms with Gasteiger partial charge in [-0.15, -0.1) is 0 Å². The van der Waals surface area contributed by atoms with E-state index in [9.17, 15) is 9.90 Å². The van der Waals surface area contributed by atoms with E-state index in [1.165, 1.54) is 10.5 Å². The molecule has 3 rings (SSSR count). The molecule has 0 aliphatic rings. The Kier molecular flexibility index (Phi) is 7.71. The molecule has 9 heteroatoms. The van der Waals surface area contributed by atoms with Gasteiger partial charge in [-0.1, -0.05) is 64.0 Å². The van der Waals surface area contributed by atoms with E-state index in [0.717, 1.165) is 12.1 Å². The van der Waals surface area contributed by atoms with Crippen LogP contribution in [0.1, 0.15) is 66.6 Å². The van der Waals surface area contributed by atoms with Gasteiger partial charge in [0.2, 0.25) is 0 Å². The molecular formula is C26H34BrN5O3. The lowest BCUT2D eigenvalue weighted by atomic mass is 9.92. The van der Waals surface area contributed by atoms with E-state index in [1.54, 1.807) is 6.07 Å². The summed E-state index contributed by atoms with van der Waals surface area (Å²) in [6.07, 6.45) is -1.12. The topological polar surface area (TPSA) is 104 Å². The number of benzene rings is 1. The minimum atomic E-state index is -1.12. The summed E-state index contributed by atoms with van der Waals surface area (Å²) in [6.45, 7) is 16.4. The Balaban J connectivity index is 2.08. The first-order valence-corrected chi connectivity index (χ1v) is 12.4. The highest BCUT2D eigenvalue weighted by Crippen LogP contribution is 2.38. The van der Waals surface area contributed by atoms with Crippen LogP contribution in [0.3, 0.4) is 0 Å². The fraction of sp³-hybridized carbons (Fsp3) is 0.462. The number of hydrogen-bond donors (Lipinski definition) is 2. The number of rotatable bonds is 6. The van der Waals surface area contributed by atoms with Crippen LogP contribution in [0.2, 0.25) is 0 Å². The van der Waals surface area contributed by atoms with E-state index < -0.39 is 11.6 Å². The molecule has 1 amide bonds. The lowest BCUT2D eigenvalue weighted by Crippen LogP contribution is -2.46. The molecule has 0 spiro atoms. The molecule has 2 N–H and O–H groups in total. The minimum absolute atomic E-state index is 0.205. The normalized spacial score (nSPS) is 12.3. The fourth-order valence-electron chi connectivity index (χ4n) is 3.54. The molecule has 2 aromatic heterocycles. The number of carbonyl (C=O) groups is 1. The van der Waals surface area contributed by atoms with Crippen LogP contribution in [0.4, 0.5) is 10.6 Å². The van der Waals surface area contributed by atoms with Crippen molar-refractivity contribution < 1.29 is 14.4 Å². The van der Waals surface area contributed by atoms with E-state index in [0.29, 0.717) is 33.5 Å². The number of carboxylic acid groups (broad SMARTS) is 1. The molecule has 0 aliphatic heterocycles. The zero-order chi connectivity index (χ0) is 26.1. The molecule has 0 aliphatic carbocycles. The predicted octanol–water partition coefficient (Wildman–Crippen LogP) is 6.64. The zero-order valence-electron chi connectivity index (χ0n) is 21.6. The third-order valence-corrected chi connectivity index (χ3v) is 5.88. The molecule has 0 radical (unpaired) electrons. The lowest BCUT2D eigenvalue weighted by molar-refractivity contribution is 0.195. The van der Waals surface area contributed by atoms with E-state index in [1.807, 2.05) is 65.8 Å². The Morgan fingerprint density at radius 3 is 2.26 bits per heavy atom. The Morgan fingerprint density at radius 2 is 1.74 bits per heavy atom. The van der Waals surface area contributed by atoms with Crippen LogP contribution in [0, 0.1) is 0 Å². The van der Waals surface area contributed by atoms with Crippen molar-refractivity contribution in [3.63, 3.8) is 0 Å². The molecule has 1 aromatic carbocycles. The molecular weight excluding hydrogens is 510 g/mol. The van der Waals surface area contributed by atoms with Crippen molar-refractivity contribution in [2.24, 2.45) is 0 Å². The smallest absolute Gasteiger partial charge is 0.413 e. The van der Waals surface area contributed by atoms with Gasteiger partial charge in [0, 0.05) is 35.2 Å². The summed E-state index contributed by atoms with van der Waals surface area (Å²) in [5.74, 6) is 0.542. The molecule has 8 nitrogen and oxygen atoms in total. The van der Waals surface area contributed by atoms with Crippen LogP contribution in [0.25, 0.3) is 22.7 Å². The first-order valence-electron chi connectivity index (χ1n) is 11.6. The quantitative estimate of drug-likeness (QED) is 0.359. The molecule has 0 atom stereocenters. The molecule has 0 saturated carbocycles. The number of hydrogen-bond acceptors (Lipinski definition) is 6. The van der Waals surface area contributed by atoms with E-state index >= 15 is 0 Å². The van der Waals surface area contributed by atoms with Gasteiger partial charge < -0.3 is 14.9 Å². The van der Waals surface area contributed by atoms with Crippen LogP contribution >= 0.6 is 15.9 Å². The van der Waals surface area contributed by atoms with E-state index in [2.05, 4.69) is 40.3 Å². The molecule has 0 fully saturated rings. The summed E-state index contributed by atoms with van der Waals surface area (Å²) >= 11 is 3.53. The number of nitrogens with zero attached hydrogens (tertiary/aromatic N) is 4. The van der Waals surface area contributed by atoms with Gasteiger partial charge in [0.25, 0.3) is 0 Å². The van der Waals surface area contributed by atoms with Gasteiger partial charge in [-0.25, -0.2) is 14.8 Å². The summed E-state index contributed by atoms with van der Waals surface area (Å²) in [4.78, 5) is 23.0. The predicted molar refractivity (Wildman–Crippen MR) is 142 cm³/mol. The number of aromatic nitrogens is 3. The van der Waals surface area contributed by atoms with Gasteiger partial charge >= 0.3 is 6.09 Å². The summed E-state index contributed by atoms with van der Waals surface area (Å²) < 4.78 is 6.20. The van der Waals surface area contributed by atoms with Crippen molar-refractivity contribution in [1.29, 1.82) is 0 Å². The van der Waals surface area contributed by atoms with Crippen LogP contribution in [-0.2, 0) is 12.0 Å². The van der Waals surface area contributed by atoms with Gasteiger partial charge in [0.15, 0.2) is 17.3 Å². The highest BCUT2D eigenvalue weighted by Gasteiger charge is 2.35. The summed E-state index contributed by atoms with van der Waals surface area (Å²) in [5.41, 5.74) is 2.52. The molecule has 0 bridgehead atoms. The standard InChI is InChI=1S/C26H34BrN5O3/c1-15(2)28-14-16-9-11-17(12-10-16)18-13-19(35-31-18)20-23(32(24(33)34)26(6,7)8)30-21(22(27)29-20)25(3,4)5/h9-13,15,28H,14H2,1-8H3,(H,33,34). The van der Waals surface area contributed by atoms with Gasteiger partial charge in [-0.2, -0.15) is 0 Å². The van der Waals surface area contributed by atoms with E-state index in [4.69, 9.17) is 14.5 Å². The number of amides is 1. The summed E-state index contributed by atoms with van der Waals surface area (Å²) in [5, 5.41) is 17.7. The number of halogens is 1. The highest BCUT2D eigenvalue weighted by atomic mass is 79.9. The maximum Gasteiger partial charge on any atom is 0.413 e. The monoisotopic (exact) mass is 543 g/mol. The highest BCUT2D eigenvalue weighted by molar-refractivity contribution is 9.10. The number of nitrogens with one attached hydrogen (secondary N) is 1. The summed E-state index contributed by atoms with van der Waals surface area (Å²) in [6, 6.07) is 10.2. The SMILES string of the molecule is CC(C)NCc1ccc(-c2cc(-c3nc(Br)c(C(C)(C)C)nc3N(C(=O)O)C(C)(C)C)on2)cc1. The Bertz CT molecular complexity index is 1190. The van der Waals surface area contributed by atoms with Crippen LogP contribution in [0.5, 0.6) is 0 Å². The maximum atomic E-state index is 12.3. The zero-order valence-corrected chi connectivity index (χ0v) is 23.2. The van der Waals surface area contributed by atoms with Gasteiger partial charge in [0.05, 0.1) is 5.69 Å². The maximum absolute atomic E-state index is 12.3. The average molecular weight is 544 g/mol. The van der Waals surface area contributed by atoms with Gasteiger partial charge in [0.1, 0.15) is 10.3 Å². The molecule has 0 unspecified atom stereocenters. The summed E-state index contributed by atoms with van der Waals surface area (Å²) in [7, 11) is 0. The van der Waals surface area contributed by atoms with Crippen LogP contribution < -0.4 is 10.2 Å². The first-order chi connectivity index (χ1) is 16.2. The Labute approximate surface area is 215 Å². The van der Waals surface area contributed by atoms with Crippen molar-refractivity contribution in [2.75, 3.05) is 4.90 Å².